The van der Waals surface area contributed by atoms with Gasteiger partial charge in [-0.05, 0) is 36.5 Å². The van der Waals surface area contributed by atoms with Gasteiger partial charge in [-0.3, -0.25) is 9.59 Å². The van der Waals surface area contributed by atoms with Crippen LogP contribution in [0, 0.1) is 29.1 Å². The number of carbonyl (C=O) groups excluding carboxylic acids is 1. The van der Waals surface area contributed by atoms with Gasteiger partial charge < -0.3 is 10.4 Å². The van der Waals surface area contributed by atoms with Gasteiger partial charge in [0.2, 0.25) is 5.91 Å². The normalized spacial score (nSPS) is 40.5. The lowest BCUT2D eigenvalue weighted by Gasteiger charge is -2.46. The summed E-state index contributed by atoms with van der Waals surface area (Å²) >= 11 is 0. The lowest BCUT2D eigenvalue weighted by Crippen LogP contribution is -2.52. The Kier molecular flexibility index (Phi) is 3.63. The van der Waals surface area contributed by atoms with Crippen molar-refractivity contribution in [3.05, 3.63) is 0 Å². The first-order valence-corrected chi connectivity index (χ1v) is 7.28. The van der Waals surface area contributed by atoms with Gasteiger partial charge in [-0.2, -0.15) is 0 Å². The Morgan fingerprint density at radius 1 is 1.21 bits per heavy atom. The number of amides is 1. The van der Waals surface area contributed by atoms with E-state index in [4.69, 9.17) is 0 Å². The molecule has 0 aromatic carbocycles. The Hall–Kier alpha value is -1.06. The average Bonchev–Trinajstić information content (AvgIpc) is 3.02. The average molecular weight is 267 g/mol. The van der Waals surface area contributed by atoms with Crippen molar-refractivity contribution in [3.8, 4) is 0 Å². The third-order valence-electron chi connectivity index (χ3n) is 5.51. The molecule has 2 rings (SSSR count). The molecule has 5 unspecified atom stereocenters. The van der Waals surface area contributed by atoms with E-state index in [1.54, 1.807) is 0 Å². The Bertz CT molecular complexity index is 391. The van der Waals surface area contributed by atoms with Gasteiger partial charge in [-0.25, -0.2) is 0 Å². The number of aliphatic carboxylic acids is 1. The molecular weight excluding hydrogens is 242 g/mol. The number of rotatable bonds is 3. The maximum absolute atomic E-state index is 12.0. The second-order valence-electron chi connectivity index (χ2n) is 7.01. The molecule has 0 saturated heterocycles. The van der Waals surface area contributed by atoms with Crippen LogP contribution in [0.2, 0.25) is 0 Å². The van der Waals surface area contributed by atoms with Gasteiger partial charge in [0.15, 0.2) is 0 Å². The molecule has 2 saturated carbocycles. The topological polar surface area (TPSA) is 66.4 Å². The van der Waals surface area contributed by atoms with Crippen LogP contribution < -0.4 is 5.32 Å². The number of carboxylic acids is 1. The van der Waals surface area contributed by atoms with Crippen molar-refractivity contribution in [2.45, 2.75) is 53.0 Å². The molecule has 19 heavy (non-hydrogen) atoms. The molecule has 2 aliphatic rings. The minimum absolute atomic E-state index is 0.117. The van der Waals surface area contributed by atoms with Crippen molar-refractivity contribution >= 4 is 11.9 Å². The fraction of sp³-hybridized carbons (Fsp3) is 0.867. The molecule has 0 bridgehead atoms. The van der Waals surface area contributed by atoms with E-state index < -0.39 is 5.97 Å². The summed E-state index contributed by atoms with van der Waals surface area (Å²) in [4.78, 5) is 23.3. The van der Waals surface area contributed by atoms with Crippen molar-refractivity contribution in [2.75, 3.05) is 0 Å². The summed E-state index contributed by atoms with van der Waals surface area (Å²) in [5.41, 5.74) is -0.281. The van der Waals surface area contributed by atoms with Crippen molar-refractivity contribution in [1.82, 2.24) is 5.32 Å². The van der Waals surface area contributed by atoms with Crippen LogP contribution in [-0.4, -0.2) is 23.0 Å². The first-order valence-electron chi connectivity index (χ1n) is 7.28. The molecule has 4 heteroatoms. The second kappa shape index (κ2) is 4.80. The van der Waals surface area contributed by atoms with E-state index in [2.05, 4.69) is 19.2 Å². The molecule has 4 nitrogen and oxygen atoms in total. The maximum atomic E-state index is 12.0. The maximum Gasteiger partial charge on any atom is 0.307 e. The third kappa shape index (κ3) is 2.63. The van der Waals surface area contributed by atoms with Crippen LogP contribution in [0.15, 0.2) is 0 Å². The predicted molar refractivity (Wildman–Crippen MR) is 72.5 cm³/mol. The summed E-state index contributed by atoms with van der Waals surface area (Å²) < 4.78 is 0. The Morgan fingerprint density at radius 3 is 2.26 bits per heavy atom. The standard InChI is InChI=1S/C15H25NO3/c1-8-7-10(8)13(17)16-12-6-5-11(14(18)19)15(3,4)9(12)2/h8-12H,5-7H2,1-4H3,(H,16,17)(H,18,19). The number of nitrogens with one attached hydrogen (secondary N) is 1. The fourth-order valence-electron chi connectivity index (χ4n) is 3.42. The summed E-state index contributed by atoms with van der Waals surface area (Å²) in [5.74, 6) is 0.0217. The molecule has 1 amide bonds. The van der Waals surface area contributed by atoms with Crippen LogP contribution in [0.4, 0.5) is 0 Å². The fourth-order valence-corrected chi connectivity index (χ4v) is 3.42. The summed E-state index contributed by atoms with van der Waals surface area (Å²) in [6, 6.07) is 0.117. The summed E-state index contributed by atoms with van der Waals surface area (Å²) in [7, 11) is 0. The second-order valence-corrected chi connectivity index (χ2v) is 7.01. The highest BCUT2D eigenvalue weighted by Gasteiger charge is 2.48. The van der Waals surface area contributed by atoms with Gasteiger partial charge in [0, 0.05) is 12.0 Å². The zero-order valence-corrected chi connectivity index (χ0v) is 12.3. The van der Waals surface area contributed by atoms with Crippen molar-refractivity contribution in [1.29, 1.82) is 0 Å². The van der Waals surface area contributed by atoms with Crippen LogP contribution in [-0.2, 0) is 9.59 Å². The van der Waals surface area contributed by atoms with Crippen LogP contribution in [0.3, 0.4) is 0 Å². The molecule has 5 atom stereocenters. The molecule has 0 radical (unpaired) electrons. The quantitative estimate of drug-likeness (QED) is 0.824. The van der Waals surface area contributed by atoms with E-state index in [0.29, 0.717) is 12.3 Å². The molecule has 0 aliphatic heterocycles. The van der Waals surface area contributed by atoms with Crippen molar-refractivity contribution in [3.63, 3.8) is 0 Å². The third-order valence-corrected chi connectivity index (χ3v) is 5.51. The monoisotopic (exact) mass is 267 g/mol. The number of carboxylic acid groups (broad SMARTS) is 1. The lowest BCUT2D eigenvalue weighted by atomic mass is 9.61. The first kappa shape index (κ1) is 14.4. The highest BCUT2D eigenvalue weighted by Crippen LogP contribution is 2.45. The summed E-state index contributed by atoms with van der Waals surface area (Å²) in [5, 5.41) is 12.4. The molecule has 0 spiro atoms. The van der Waals surface area contributed by atoms with E-state index in [0.717, 1.165) is 12.8 Å². The van der Waals surface area contributed by atoms with E-state index in [1.165, 1.54) is 0 Å². The number of hydrogen-bond acceptors (Lipinski definition) is 2. The lowest BCUT2D eigenvalue weighted by molar-refractivity contribution is -0.150. The van der Waals surface area contributed by atoms with Gasteiger partial charge in [0.25, 0.3) is 0 Å². The van der Waals surface area contributed by atoms with Gasteiger partial charge >= 0.3 is 5.97 Å². The smallest absolute Gasteiger partial charge is 0.307 e. The minimum Gasteiger partial charge on any atom is -0.481 e. The predicted octanol–water partition coefficient (Wildman–Crippen LogP) is 2.28. The summed E-state index contributed by atoms with van der Waals surface area (Å²) in [6.45, 7) is 8.18. The Morgan fingerprint density at radius 2 is 1.79 bits per heavy atom. The Balaban J connectivity index is 2.01. The van der Waals surface area contributed by atoms with Crippen LogP contribution in [0.1, 0.15) is 47.0 Å². The number of hydrogen-bond donors (Lipinski definition) is 2. The highest BCUT2D eigenvalue weighted by atomic mass is 16.4. The van der Waals surface area contributed by atoms with Crippen LogP contribution in [0.25, 0.3) is 0 Å². The van der Waals surface area contributed by atoms with E-state index in [-0.39, 0.29) is 35.1 Å². The van der Waals surface area contributed by atoms with Gasteiger partial charge in [-0.1, -0.05) is 27.7 Å². The molecule has 2 aliphatic carbocycles. The minimum atomic E-state index is -0.711. The van der Waals surface area contributed by atoms with E-state index >= 15 is 0 Å². The molecule has 0 heterocycles. The zero-order chi connectivity index (χ0) is 14.4. The molecule has 2 N–H and O–H groups in total. The molecule has 0 aromatic rings. The number of carbonyl (C=O) groups is 2. The Labute approximate surface area is 115 Å². The van der Waals surface area contributed by atoms with Crippen molar-refractivity contribution in [2.24, 2.45) is 29.1 Å². The van der Waals surface area contributed by atoms with Crippen LogP contribution >= 0.6 is 0 Å². The molecule has 108 valence electrons. The molecular formula is C15H25NO3. The largest absolute Gasteiger partial charge is 0.481 e. The van der Waals surface area contributed by atoms with E-state index in [1.807, 2.05) is 13.8 Å². The zero-order valence-electron chi connectivity index (χ0n) is 12.3. The van der Waals surface area contributed by atoms with Gasteiger partial charge in [-0.15, -0.1) is 0 Å². The SMILES string of the molecule is CC1CC1C(=O)NC1CCC(C(=O)O)C(C)(C)C1C. The van der Waals surface area contributed by atoms with Gasteiger partial charge in [0.05, 0.1) is 5.92 Å². The molecule has 0 aromatic heterocycles. The van der Waals surface area contributed by atoms with Crippen LogP contribution in [0.5, 0.6) is 0 Å². The molecule has 2 fully saturated rings. The summed E-state index contributed by atoms with van der Waals surface area (Å²) in [6.07, 6.45) is 2.42. The highest BCUT2D eigenvalue weighted by molar-refractivity contribution is 5.81. The van der Waals surface area contributed by atoms with Crippen molar-refractivity contribution < 1.29 is 14.7 Å². The van der Waals surface area contributed by atoms with E-state index in [9.17, 15) is 14.7 Å². The van der Waals surface area contributed by atoms with Gasteiger partial charge in [0.1, 0.15) is 0 Å². The first-order chi connectivity index (χ1) is 8.75.